The van der Waals surface area contributed by atoms with E-state index in [-0.39, 0.29) is 54.1 Å². The monoisotopic (exact) mass is 795 g/mol. The number of nitrogens with zero attached hydrogens (tertiary/aromatic N) is 3. The summed E-state index contributed by atoms with van der Waals surface area (Å²) < 4.78 is 69.9. The van der Waals surface area contributed by atoms with Crippen molar-refractivity contribution in [3.8, 4) is 11.1 Å². The Hall–Kier alpha value is -5.59. The van der Waals surface area contributed by atoms with Crippen molar-refractivity contribution in [2.45, 2.75) is 48.9 Å². The van der Waals surface area contributed by atoms with E-state index in [1.54, 1.807) is 41.0 Å². The SMILES string of the molecule is O=C(CN1CCC(N(Cc2ccc(-c3ccc(C(F)(F)F)cc3)cc2)C(=O)Cn2c(SCc3cccc(F)c3F)cc(=O)c3ccccc32)CC1)c1ccccc1. The summed E-state index contributed by atoms with van der Waals surface area (Å²) in [4.78, 5) is 44.8. The molecule has 1 amide bonds. The number of carbonyl (C=O) groups excluding carboxylic acids is 2. The highest BCUT2D eigenvalue weighted by Gasteiger charge is 2.31. The molecule has 0 unspecified atom stereocenters. The van der Waals surface area contributed by atoms with E-state index in [1.807, 2.05) is 47.4 Å². The first-order valence-electron chi connectivity index (χ1n) is 18.5. The summed E-state index contributed by atoms with van der Waals surface area (Å²) in [7, 11) is 0. The van der Waals surface area contributed by atoms with Gasteiger partial charge in [-0.1, -0.05) is 91.0 Å². The fourth-order valence-electron chi connectivity index (χ4n) is 7.20. The molecule has 0 aliphatic carbocycles. The lowest BCUT2D eigenvalue weighted by Crippen LogP contribution is -2.48. The van der Waals surface area contributed by atoms with Crippen LogP contribution in [0.2, 0.25) is 0 Å². The summed E-state index contributed by atoms with van der Waals surface area (Å²) in [5.74, 6) is -2.14. The Kier molecular flexibility index (Phi) is 12.0. The highest BCUT2D eigenvalue weighted by molar-refractivity contribution is 7.98. The van der Waals surface area contributed by atoms with E-state index < -0.39 is 23.4 Å². The van der Waals surface area contributed by atoms with E-state index in [9.17, 15) is 36.3 Å². The number of carbonyl (C=O) groups is 2. The zero-order valence-electron chi connectivity index (χ0n) is 30.7. The maximum atomic E-state index is 14.7. The second-order valence-electron chi connectivity index (χ2n) is 14.0. The van der Waals surface area contributed by atoms with Crippen molar-refractivity contribution in [1.82, 2.24) is 14.4 Å². The topological polar surface area (TPSA) is 62.6 Å². The van der Waals surface area contributed by atoms with Gasteiger partial charge in [0, 0.05) is 54.0 Å². The molecule has 1 aromatic heterocycles. The van der Waals surface area contributed by atoms with Gasteiger partial charge in [-0.3, -0.25) is 19.3 Å². The highest BCUT2D eigenvalue weighted by atomic mass is 32.2. The summed E-state index contributed by atoms with van der Waals surface area (Å²) in [5, 5.41) is 0.833. The molecule has 0 saturated carbocycles. The maximum absolute atomic E-state index is 14.7. The van der Waals surface area contributed by atoms with Crippen LogP contribution in [-0.4, -0.2) is 51.7 Å². The van der Waals surface area contributed by atoms with Crippen molar-refractivity contribution >= 4 is 34.4 Å². The summed E-state index contributed by atoms with van der Waals surface area (Å²) in [6, 6.07) is 33.5. The fourth-order valence-corrected chi connectivity index (χ4v) is 8.24. The van der Waals surface area contributed by atoms with Crippen LogP contribution in [0.5, 0.6) is 0 Å². The van der Waals surface area contributed by atoms with Crippen molar-refractivity contribution in [2.75, 3.05) is 19.6 Å². The van der Waals surface area contributed by atoms with Crippen LogP contribution < -0.4 is 5.43 Å². The number of pyridine rings is 1. The number of halogens is 5. The summed E-state index contributed by atoms with van der Waals surface area (Å²) in [5.41, 5.74) is 2.43. The predicted molar refractivity (Wildman–Crippen MR) is 212 cm³/mol. The molecule has 1 aliphatic rings. The normalized spacial score (nSPS) is 13.8. The first kappa shape index (κ1) is 39.6. The Labute approximate surface area is 330 Å². The molecule has 5 aromatic carbocycles. The molecule has 7 rings (SSSR count). The Bertz CT molecular complexity index is 2430. The molecule has 1 fully saturated rings. The first-order chi connectivity index (χ1) is 27.4. The first-order valence-corrected chi connectivity index (χ1v) is 19.5. The number of aromatic nitrogens is 1. The van der Waals surface area contributed by atoms with Gasteiger partial charge >= 0.3 is 6.18 Å². The number of fused-ring (bicyclic) bond motifs is 1. The van der Waals surface area contributed by atoms with Gasteiger partial charge < -0.3 is 9.47 Å². The Balaban J connectivity index is 1.16. The van der Waals surface area contributed by atoms with Crippen molar-refractivity contribution in [2.24, 2.45) is 0 Å². The van der Waals surface area contributed by atoms with Gasteiger partial charge in [0.15, 0.2) is 22.8 Å². The van der Waals surface area contributed by atoms with Crippen LogP contribution in [-0.2, 0) is 29.8 Å². The molecular weight excluding hydrogens is 758 g/mol. The smallest absolute Gasteiger partial charge is 0.334 e. The average Bonchev–Trinajstić information content (AvgIpc) is 3.22. The minimum absolute atomic E-state index is 0.0170. The van der Waals surface area contributed by atoms with E-state index in [0.29, 0.717) is 53.0 Å². The molecule has 0 bridgehead atoms. The average molecular weight is 796 g/mol. The van der Waals surface area contributed by atoms with Crippen LogP contribution in [0.15, 0.2) is 137 Å². The van der Waals surface area contributed by atoms with Gasteiger partial charge in [-0.2, -0.15) is 13.2 Å². The van der Waals surface area contributed by atoms with Crippen LogP contribution in [0.4, 0.5) is 22.0 Å². The molecule has 57 heavy (non-hydrogen) atoms. The van der Waals surface area contributed by atoms with Crippen molar-refractivity contribution in [1.29, 1.82) is 0 Å². The van der Waals surface area contributed by atoms with Gasteiger partial charge in [-0.25, -0.2) is 8.78 Å². The number of amides is 1. The standard InChI is InChI=1S/C45H38F5N3O3S/c46-38-11-6-9-34(44(38)47)29-57-43-25-40(54)37-10-4-5-12-39(37)53(43)28-42(56)52(36-21-23-51(24-22-36)27-41(55)33-7-2-1-3-8-33)26-30-13-15-31(16-14-30)32-17-19-35(20-18-32)45(48,49)50/h1-20,25,36H,21-24,26-29H2. The van der Waals surface area contributed by atoms with Crippen molar-refractivity contribution in [3.05, 3.63) is 172 Å². The van der Waals surface area contributed by atoms with E-state index in [1.165, 1.54) is 30.3 Å². The lowest BCUT2D eigenvalue weighted by molar-refractivity contribution is -0.137. The highest BCUT2D eigenvalue weighted by Crippen LogP contribution is 2.32. The minimum Gasteiger partial charge on any atom is -0.334 e. The number of likely N-dealkylation sites (tertiary alicyclic amines) is 1. The molecule has 6 nitrogen and oxygen atoms in total. The third-order valence-corrected chi connectivity index (χ3v) is 11.4. The van der Waals surface area contributed by atoms with Gasteiger partial charge in [-0.15, -0.1) is 11.8 Å². The number of Topliss-reactive ketones (excluding diaryl/α,β-unsaturated/α-hetero) is 1. The second-order valence-corrected chi connectivity index (χ2v) is 15.0. The number of hydrogen-bond acceptors (Lipinski definition) is 5. The zero-order valence-corrected chi connectivity index (χ0v) is 31.5. The van der Waals surface area contributed by atoms with E-state index >= 15 is 0 Å². The van der Waals surface area contributed by atoms with Crippen molar-refractivity contribution < 1.29 is 31.5 Å². The molecule has 1 saturated heterocycles. The van der Waals surface area contributed by atoms with E-state index in [4.69, 9.17) is 0 Å². The number of rotatable bonds is 12. The Morgan fingerprint density at radius 1 is 0.754 bits per heavy atom. The number of alkyl halides is 3. The quantitative estimate of drug-likeness (QED) is 0.0702. The van der Waals surface area contributed by atoms with Gasteiger partial charge in [0.25, 0.3) is 0 Å². The number of ketones is 1. The molecule has 0 N–H and O–H groups in total. The third-order valence-electron chi connectivity index (χ3n) is 10.3. The number of piperidine rings is 1. The van der Waals surface area contributed by atoms with Gasteiger partial charge in [0.1, 0.15) is 6.54 Å². The molecule has 0 radical (unpaired) electrons. The molecule has 12 heteroatoms. The molecule has 0 spiro atoms. The third kappa shape index (κ3) is 9.35. The lowest BCUT2D eigenvalue weighted by atomic mass is 9.99. The minimum atomic E-state index is -4.44. The predicted octanol–water partition coefficient (Wildman–Crippen LogP) is 9.63. The van der Waals surface area contributed by atoms with E-state index in [2.05, 4.69) is 4.90 Å². The Morgan fingerprint density at radius 2 is 1.40 bits per heavy atom. The summed E-state index contributed by atoms with van der Waals surface area (Å²) in [6.45, 7) is 1.51. The molecule has 292 valence electrons. The van der Waals surface area contributed by atoms with Gasteiger partial charge in [-0.05, 0) is 59.9 Å². The van der Waals surface area contributed by atoms with Crippen LogP contribution in [0, 0.1) is 11.6 Å². The van der Waals surface area contributed by atoms with Crippen LogP contribution in [0.25, 0.3) is 22.0 Å². The molecule has 0 atom stereocenters. The number of para-hydroxylation sites is 1. The Morgan fingerprint density at radius 3 is 2.09 bits per heavy atom. The molecular formula is C45H38F5N3O3S. The zero-order chi connectivity index (χ0) is 40.1. The van der Waals surface area contributed by atoms with E-state index in [0.717, 1.165) is 41.1 Å². The summed E-state index contributed by atoms with van der Waals surface area (Å²) in [6.07, 6.45) is -3.24. The van der Waals surface area contributed by atoms with Crippen LogP contribution in [0.1, 0.15) is 39.9 Å². The van der Waals surface area contributed by atoms with Crippen LogP contribution in [0.3, 0.4) is 0 Å². The van der Waals surface area contributed by atoms with Crippen LogP contribution >= 0.6 is 11.8 Å². The second kappa shape index (κ2) is 17.3. The lowest BCUT2D eigenvalue weighted by Gasteiger charge is -2.39. The number of thioether (sulfide) groups is 1. The largest absolute Gasteiger partial charge is 0.416 e. The van der Waals surface area contributed by atoms with Gasteiger partial charge in [0.2, 0.25) is 5.91 Å². The number of benzene rings is 5. The van der Waals surface area contributed by atoms with Gasteiger partial charge in [0.05, 0.1) is 22.7 Å². The number of hydrogen-bond donors (Lipinski definition) is 0. The molecule has 2 heterocycles. The fraction of sp³-hybridized carbons (Fsp3) is 0.222. The molecule has 1 aliphatic heterocycles. The van der Waals surface area contributed by atoms with Crippen molar-refractivity contribution in [3.63, 3.8) is 0 Å². The maximum Gasteiger partial charge on any atom is 0.416 e. The summed E-state index contributed by atoms with van der Waals surface area (Å²) >= 11 is 1.14. The molecule has 6 aromatic rings.